The highest BCUT2D eigenvalue weighted by molar-refractivity contribution is 5.42. The van der Waals surface area contributed by atoms with Crippen LogP contribution in [-0.4, -0.2) is 34.9 Å². The minimum atomic E-state index is 0.305. The molecule has 1 aromatic rings. The van der Waals surface area contributed by atoms with Crippen molar-refractivity contribution >= 4 is 0 Å². The van der Waals surface area contributed by atoms with Crippen LogP contribution in [0.2, 0.25) is 0 Å². The van der Waals surface area contributed by atoms with Gasteiger partial charge in [-0.1, -0.05) is 6.07 Å². The first-order valence-electron chi connectivity index (χ1n) is 6.30. The molecule has 0 fully saturated rings. The lowest BCUT2D eigenvalue weighted by Gasteiger charge is -2.20. The van der Waals surface area contributed by atoms with Crippen LogP contribution in [0.3, 0.4) is 0 Å². The zero-order valence-corrected chi connectivity index (χ0v) is 11.7. The van der Waals surface area contributed by atoms with E-state index in [-0.39, 0.29) is 0 Å². The highest BCUT2D eigenvalue weighted by Crippen LogP contribution is 2.31. The molecule has 4 nitrogen and oxygen atoms in total. The largest absolute Gasteiger partial charge is 0.497 e. The molecule has 2 N–H and O–H groups in total. The summed E-state index contributed by atoms with van der Waals surface area (Å²) in [4.78, 5) is 0. The van der Waals surface area contributed by atoms with Crippen molar-refractivity contribution < 1.29 is 9.47 Å². The van der Waals surface area contributed by atoms with Crippen LogP contribution in [0.5, 0.6) is 11.5 Å². The number of hydrogen-bond donors (Lipinski definition) is 2. The second kappa shape index (κ2) is 7.95. The van der Waals surface area contributed by atoms with Gasteiger partial charge in [-0.2, -0.15) is 0 Å². The fourth-order valence-electron chi connectivity index (χ4n) is 2.04. The molecule has 0 bridgehead atoms. The van der Waals surface area contributed by atoms with Crippen LogP contribution in [-0.2, 0) is 0 Å². The maximum Gasteiger partial charge on any atom is 0.127 e. The van der Waals surface area contributed by atoms with E-state index in [4.69, 9.17) is 9.47 Å². The van der Waals surface area contributed by atoms with Crippen molar-refractivity contribution in [3.8, 4) is 11.5 Å². The number of ether oxygens (including phenoxy) is 2. The van der Waals surface area contributed by atoms with Gasteiger partial charge in [0.15, 0.2) is 0 Å². The van der Waals surface area contributed by atoms with E-state index >= 15 is 0 Å². The minimum absolute atomic E-state index is 0.305. The van der Waals surface area contributed by atoms with Crippen molar-refractivity contribution in [2.45, 2.75) is 18.9 Å². The predicted octanol–water partition coefficient (Wildman–Crippen LogP) is 1.96. The van der Waals surface area contributed by atoms with Gasteiger partial charge in [-0.25, -0.2) is 0 Å². The number of methoxy groups -OCH3 is 2. The van der Waals surface area contributed by atoms with Crippen molar-refractivity contribution in [2.75, 3.05) is 34.9 Å². The van der Waals surface area contributed by atoms with Gasteiger partial charge in [-0.3, -0.25) is 0 Å². The number of nitrogens with one attached hydrogen (secondary N) is 2. The van der Waals surface area contributed by atoms with Crippen molar-refractivity contribution in [3.63, 3.8) is 0 Å². The normalized spacial score (nSPS) is 12.2. The predicted molar refractivity (Wildman–Crippen MR) is 74.5 cm³/mol. The van der Waals surface area contributed by atoms with Gasteiger partial charge < -0.3 is 20.1 Å². The molecule has 4 heteroatoms. The molecule has 102 valence electrons. The van der Waals surface area contributed by atoms with Gasteiger partial charge >= 0.3 is 0 Å². The lowest BCUT2D eigenvalue weighted by Crippen LogP contribution is -2.19. The van der Waals surface area contributed by atoms with Crippen LogP contribution < -0.4 is 20.1 Å². The van der Waals surface area contributed by atoms with Crippen LogP contribution in [0.1, 0.15) is 24.4 Å². The third-order valence-electron chi connectivity index (χ3n) is 3.08. The summed E-state index contributed by atoms with van der Waals surface area (Å²) >= 11 is 0. The van der Waals surface area contributed by atoms with Gasteiger partial charge in [0, 0.05) is 17.7 Å². The lowest BCUT2D eigenvalue weighted by molar-refractivity contribution is 0.383. The number of rotatable bonds is 8. The van der Waals surface area contributed by atoms with E-state index in [2.05, 4.69) is 16.7 Å². The highest BCUT2D eigenvalue weighted by atomic mass is 16.5. The van der Waals surface area contributed by atoms with E-state index in [1.807, 2.05) is 26.2 Å². The molecular weight excluding hydrogens is 228 g/mol. The molecule has 0 aliphatic rings. The summed E-state index contributed by atoms with van der Waals surface area (Å²) in [6.07, 6.45) is 2.19. The fourth-order valence-corrected chi connectivity index (χ4v) is 2.04. The number of hydrogen-bond acceptors (Lipinski definition) is 4. The molecule has 18 heavy (non-hydrogen) atoms. The average Bonchev–Trinajstić information content (AvgIpc) is 2.43. The molecule has 1 atom stereocenters. The molecule has 0 aromatic heterocycles. The molecule has 0 radical (unpaired) electrons. The smallest absolute Gasteiger partial charge is 0.127 e. The van der Waals surface area contributed by atoms with E-state index in [1.54, 1.807) is 14.2 Å². The third kappa shape index (κ3) is 3.89. The zero-order valence-electron chi connectivity index (χ0n) is 11.7. The fraction of sp³-hybridized carbons (Fsp3) is 0.571. The third-order valence-corrected chi connectivity index (χ3v) is 3.08. The SMILES string of the molecule is CNCCCC(NC)c1ccc(OC)cc1OC. The molecule has 0 spiro atoms. The van der Waals surface area contributed by atoms with E-state index in [9.17, 15) is 0 Å². The molecule has 0 saturated carbocycles. The maximum absolute atomic E-state index is 5.44. The Morgan fingerprint density at radius 2 is 1.94 bits per heavy atom. The summed E-state index contributed by atoms with van der Waals surface area (Å²) in [6, 6.07) is 6.27. The molecule has 1 aromatic carbocycles. The standard InChI is InChI=1S/C14H24N2O2/c1-15-9-5-6-13(16-2)12-8-7-11(17-3)10-14(12)18-4/h7-8,10,13,15-16H,5-6,9H2,1-4H3. The van der Waals surface area contributed by atoms with E-state index in [0.717, 1.165) is 30.9 Å². The Labute approximate surface area is 110 Å². The summed E-state index contributed by atoms with van der Waals surface area (Å²) < 4.78 is 10.7. The lowest BCUT2D eigenvalue weighted by atomic mass is 10.0. The zero-order chi connectivity index (χ0) is 13.4. The van der Waals surface area contributed by atoms with Gasteiger partial charge in [0.2, 0.25) is 0 Å². The van der Waals surface area contributed by atoms with E-state index in [1.165, 1.54) is 5.56 Å². The van der Waals surface area contributed by atoms with Crippen molar-refractivity contribution in [1.82, 2.24) is 10.6 Å². The Kier molecular flexibility index (Phi) is 6.54. The van der Waals surface area contributed by atoms with Crippen LogP contribution in [0.15, 0.2) is 18.2 Å². The Bertz CT molecular complexity index is 356. The second-order valence-corrected chi connectivity index (χ2v) is 4.19. The van der Waals surface area contributed by atoms with Gasteiger partial charge in [-0.05, 0) is 39.5 Å². The van der Waals surface area contributed by atoms with Crippen LogP contribution >= 0.6 is 0 Å². The van der Waals surface area contributed by atoms with Gasteiger partial charge in [-0.15, -0.1) is 0 Å². The Morgan fingerprint density at radius 1 is 1.17 bits per heavy atom. The maximum atomic E-state index is 5.44. The Morgan fingerprint density at radius 3 is 2.50 bits per heavy atom. The Balaban J connectivity index is 2.83. The summed E-state index contributed by atoms with van der Waals surface area (Å²) in [5.41, 5.74) is 1.18. The molecular formula is C14H24N2O2. The molecule has 1 rings (SSSR count). The van der Waals surface area contributed by atoms with Gasteiger partial charge in [0.25, 0.3) is 0 Å². The first-order valence-corrected chi connectivity index (χ1v) is 6.30. The molecule has 0 aliphatic carbocycles. The highest BCUT2D eigenvalue weighted by Gasteiger charge is 2.14. The van der Waals surface area contributed by atoms with Gasteiger partial charge in [0.1, 0.15) is 11.5 Å². The van der Waals surface area contributed by atoms with Crippen LogP contribution in [0.4, 0.5) is 0 Å². The van der Waals surface area contributed by atoms with E-state index in [0.29, 0.717) is 6.04 Å². The summed E-state index contributed by atoms with van der Waals surface area (Å²) in [5, 5.41) is 6.51. The molecule has 1 unspecified atom stereocenters. The van der Waals surface area contributed by atoms with Crippen molar-refractivity contribution in [3.05, 3.63) is 23.8 Å². The Hall–Kier alpha value is -1.26. The van der Waals surface area contributed by atoms with Gasteiger partial charge in [0.05, 0.1) is 14.2 Å². The quantitative estimate of drug-likeness (QED) is 0.694. The first-order chi connectivity index (χ1) is 8.76. The average molecular weight is 252 g/mol. The topological polar surface area (TPSA) is 42.5 Å². The van der Waals surface area contributed by atoms with Crippen LogP contribution in [0.25, 0.3) is 0 Å². The summed E-state index contributed by atoms with van der Waals surface area (Å²) in [7, 11) is 7.31. The number of benzene rings is 1. The minimum Gasteiger partial charge on any atom is -0.497 e. The summed E-state index contributed by atoms with van der Waals surface area (Å²) in [6.45, 7) is 1.02. The first kappa shape index (κ1) is 14.8. The van der Waals surface area contributed by atoms with Crippen molar-refractivity contribution in [1.29, 1.82) is 0 Å². The summed E-state index contributed by atoms with van der Waals surface area (Å²) in [5.74, 6) is 1.69. The monoisotopic (exact) mass is 252 g/mol. The molecule has 0 aliphatic heterocycles. The van der Waals surface area contributed by atoms with Crippen molar-refractivity contribution in [2.24, 2.45) is 0 Å². The van der Waals surface area contributed by atoms with Crippen LogP contribution in [0, 0.1) is 0 Å². The molecule has 0 saturated heterocycles. The second-order valence-electron chi connectivity index (χ2n) is 4.19. The molecule has 0 amide bonds. The molecule has 0 heterocycles. The van der Waals surface area contributed by atoms with E-state index < -0.39 is 0 Å².